The van der Waals surface area contributed by atoms with Crippen LogP contribution in [0, 0.1) is 11.6 Å². The predicted molar refractivity (Wildman–Crippen MR) is 104 cm³/mol. The predicted octanol–water partition coefficient (Wildman–Crippen LogP) is 4.51. The number of hydrogen-bond acceptors (Lipinski definition) is 4. The molecule has 0 bridgehead atoms. The maximum absolute atomic E-state index is 13.6. The van der Waals surface area contributed by atoms with Crippen LogP contribution in [0.25, 0.3) is 10.2 Å². The van der Waals surface area contributed by atoms with Crippen LogP contribution >= 0.6 is 11.3 Å². The van der Waals surface area contributed by atoms with Crippen LogP contribution in [0.4, 0.5) is 13.9 Å². The van der Waals surface area contributed by atoms with Crippen LogP contribution in [-0.4, -0.2) is 27.0 Å². The number of benzene rings is 2. The number of anilines is 1. The molecule has 5 nitrogen and oxygen atoms in total. The number of fused-ring (bicyclic) bond motifs is 1. The van der Waals surface area contributed by atoms with Gasteiger partial charge < -0.3 is 4.57 Å². The zero-order valence-electron chi connectivity index (χ0n) is 14.8. The van der Waals surface area contributed by atoms with E-state index in [1.807, 2.05) is 10.8 Å². The third kappa shape index (κ3) is 3.91. The SMILES string of the molecule is O=C(c1cccc(F)c1)N(CCCn1ccnc1)c1nc2ccc(F)cc2s1. The third-order valence-corrected chi connectivity index (χ3v) is 5.29. The van der Waals surface area contributed by atoms with Gasteiger partial charge in [-0.15, -0.1) is 0 Å². The molecule has 0 N–H and O–H groups in total. The van der Waals surface area contributed by atoms with Crippen molar-refractivity contribution in [3.8, 4) is 0 Å². The van der Waals surface area contributed by atoms with Gasteiger partial charge in [-0.25, -0.2) is 18.7 Å². The van der Waals surface area contributed by atoms with Crippen molar-refractivity contribution in [3.05, 3.63) is 78.4 Å². The first-order valence-corrected chi connectivity index (χ1v) is 9.51. The van der Waals surface area contributed by atoms with Gasteiger partial charge in [-0.3, -0.25) is 9.69 Å². The molecule has 0 aliphatic carbocycles. The molecule has 0 atom stereocenters. The summed E-state index contributed by atoms with van der Waals surface area (Å²) in [4.78, 5) is 23.1. The van der Waals surface area contributed by atoms with E-state index >= 15 is 0 Å². The molecule has 8 heteroatoms. The molecule has 0 unspecified atom stereocenters. The van der Waals surface area contributed by atoms with Crippen molar-refractivity contribution in [2.45, 2.75) is 13.0 Å². The third-order valence-electron chi connectivity index (χ3n) is 4.24. The van der Waals surface area contributed by atoms with Crippen LogP contribution in [0.3, 0.4) is 0 Å². The second-order valence-electron chi connectivity index (χ2n) is 6.23. The highest BCUT2D eigenvalue weighted by molar-refractivity contribution is 7.22. The minimum atomic E-state index is -0.476. The van der Waals surface area contributed by atoms with Gasteiger partial charge in [0.1, 0.15) is 11.6 Å². The second kappa shape index (κ2) is 7.85. The molecule has 2 heterocycles. The van der Waals surface area contributed by atoms with E-state index in [9.17, 15) is 13.6 Å². The van der Waals surface area contributed by atoms with Crippen LogP contribution in [-0.2, 0) is 6.54 Å². The van der Waals surface area contributed by atoms with E-state index in [4.69, 9.17) is 0 Å². The van der Waals surface area contributed by atoms with Gasteiger partial charge in [-0.2, -0.15) is 0 Å². The molecule has 2 aromatic carbocycles. The average molecular weight is 398 g/mol. The fraction of sp³-hybridized carbons (Fsp3) is 0.150. The highest BCUT2D eigenvalue weighted by Gasteiger charge is 2.21. The lowest BCUT2D eigenvalue weighted by molar-refractivity contribution is 0.0986. The number of imidazole rings is 1. The molecule has 0 aliphatic rings. The zero-order chi connectivity index (χ0) is 19.5. The largest absolute Gasteiger partial charge is 0.337 e. The highest BCUT2D eigenvalue weighted by atomic mass is 32.1. The Hall–Kier alpha value is -3.13. The highest BCUT2D eigenvalue weighted by Crippen LogP contribution is 2.30. The van der Waals surface area contributed by atoms with Gasteiger partial charge >= 0.3 is 0 Å². The van der Waals surface area contributed by atoms with Crippen molar-refractivity contribution in [1.29, 1.82) is 0 Å². The summed E-state index contributed by atoms with van der Waals surface area (Å²) in [6.45, 7) is 1.06. The van der Waals surface area contributed by atoms with Crippen LogP contribution in [0.2, 0.25) is 0 Å². The average Bonchev–Trinajstić information content (AvgIpc) is 3.34. The number of nitrogens with zero attached hydrogens (tertiary/aromatic N) is 4. The number of thiazole rings is 1. The van der Waals surface area contributed by atoms with E-state index in [1.54, 1.807) is 24.7 Å². The van der Waals surface area contributed by atoms with Crippen molar-refractivity contribution < 1.29 is 13.6 Å². The Morgan fingerprint density at radius 2 is 2.00 bits per heavy atom. The number of aromatic nitrogens is 3. The van der Waals surface area contributed by atoms with E-state index in [2.05, 4.69) is 9.97 Å². The molecule has 4 rings (SSSR count). The minimum absolute atomic E-state index is 0.244. The number of carbonyl (C=O) groups excluding carboxylic acids is 1. The van der Waals surface area contributed by atoms with Crippen molar-refractivity contribution >= 4 is 32.6 Å². The van der Waals surface area contributed by atoms with Crippen LogP contribution in [0.15, 0.2) is 61.2 Å². The standard InChI is InChI=1S/C20H16F2N4OS/c21-15-4-1-3-14(11-15)19(27)26(9-2-8-25-10-7-23-13-25)20-24-17-6-5-16(22)12-18(17)28-20/h1,3-7,10-13H,2,8-9H2. The van der Waals surface area contributed by atoms with E-state index in [0.29, 0.717) is 34.9 Å². The van der Waals surface area contributed by atoms with E-state index < -0.39 is 5.82 Å². The van der Waals surface area contributed by atoms with Gasteiger partial charge in [-0.05, 0) is 42.8 Å². The van der Waals surface area contributed by atoms with Gasteiger partial charge in [0.25, 0.3) is 5.91 Å². The maximum atomic E-state index is 13.6. The number of aryl methyl sites for hydroxylation is 1. The quantitative estimate of drug-likeness (QED) is 0.480. The molecule has 1 amide bonds. The molecule has 0 spiro atoms. The summed E-state index contributed by atoms with van der Waals surface area (Å²) in [5.74, 6) is -1.17. The monoisotopic (exact) mass is 398 g/mol. The smallest absolute Gasteiger partial charge is 0.260 e. The molecule has 142 valence electrons. The zero-order valence-corrected chi connectivity index (χ0v) is 15.6. The number of halogens is 2. The lowest BCUT2D eigenvalue weighted by Crippen LogP contribution is -2.32. The van der Waals surface area contributed by atoms with Crippen LogP contribution in [0.5, 0.6) is 0 Å². The Bertz CT molecular complexity index is 1110. The molecule has 28 heavy (non-hydrogen) atoms. The molecule has 0 saturated heterocycles. The van der Waals surface area contributed by atoms with Gasteiger partial charge in [0.15, 0.2) is 5.13 Å². The number of hydrogen-bond donors (Lipinski definition) is 0. The summed E-state index contributed by atoms with van der Waals surface area (Å²) < 4.78 is 29.7. The van der Waals surface area contributed by atoms with Crippen molar-refractivity contribution in [3.63, 3.8) is 0 Å². The van der Waals surface area contributed by atoms with Crippen molar-refractivity contribution in [2.24, 2.45) is 0 Å². The Morgan fingerprint density at radius 1 is 1.14 bits per heavy atom. The van der Waals surface area contributed by atoms with Crippen molar-refractivity contribution in [1.82, 2.24) is 14.5 Å². The summed E-state index contributed by atoms with van der Waals surface area (Å²) in [7, 11) is 0. The lowest BCUT2D eigenvalue weighted by Gasteiger charge is -2.20. The van der Waals surface area contributed by atoms with Gasteiger partial charge in [-0.1, -0.05) is 17.4 Å². The number of carbonyl (C=O) groups is 1. The maximum Gasteiger partial charge on any atom is 0.260 e. The van der Waals surface area contributed by atoms with E-state index in [0.717, 1.165) is 0 Å². The fourth-order valence-electron chi connectivity index (χ4n) is 2.89. The molecule has 0 fully saturated rings. The van der Waals surface area contributed by atoms with Gasteiger partial charge in [0.05, 0.1) is 16.5 Å². The summed E-state index contributed by atoms with van der Waals surface area (Å²) in [5.41, 5.74) is 0.862. The molecular formula is C20H16F2N4OS. The summed E-state index contributed by atoms with van der Waals surface area (Å²) in [6.07, 6.45) is 5.90. The van der Waals surface area contributed by atoms with Crippen LogP contribution in [0.1, 0.15) is 16.8 Å². The lowest BCUT2D eigenvalue weighted by atomic mass is 10.2. The van der Waals surface area contributed by atoms with Crippen molar-refractivity contribution in [2.75, 3.05) is 11.4 Å². The molecule has 2 aromatic heterocycles. The number of amides is 1. The normalized spacial score (nSPS) is 11.1. The summed E-state index contributed by atoms with van der Waals surface area (Å²) in [6, 6.07) is 9.89. The molecule has 0 radical (unpaired) electrons. The minimum Gasteiger partial charge on any atom is -0.337 e. The van der Waals surface area contributed by atoms with E-state index in [-0.39, 0.29) is 17.3 Å². The van der Waals surface area contributed by atoms with Crippen LogP contribution < -0.4 is 4.90 Å². The topological polar surface area (TPSA) is 51.0 Å². The Kier molecular flexibility index (Phi) is 5.12. The first kappa shape index (κ1) is 18.2. The molecular weight excluding hydrogens is 382 g/mol. The molecule has 4 aromatic rings. The summed E-state index contributed by atoms with van der Waals surface area (Å²) >= 11 is 1.24. The fourth-order valence-corrected chi connectivity index (χ4v) is 3.91. The Labute approximate surface area is 163 Å². The van der Waals surface area contributed by atoms with Gasteiger partial charge in [0, 0.05) is 31.0 Å². The molecule has 0 saturated carbocycles. The van der Waals surface area contributed by atoms with E-state index in [1.165, 1.54) is 46.6 Å². The first-order valence-electron chi connectivity index (χ1n) is 8.69. The molecule has 0 aliphatic heterocycles. The summed E-state index contributed by atoms with van der Waals surface area (Å²) in [5, 5.41) is 0.459. The van der Waals surface area contributed by atoms with Gasteiger partial charge in [0.2, 0.25) is 0 Å². The number of rotatable bonds is 6. The Balaban J connectivity index is 1.63. The first-order chi connectivity index (χ1) is 13.6. The Morgan fingerprint density at radius 3 is 2.79 bits per heavy atom. The second-order valence-corrected chi connectivity index (χ2v) is 7.24.